The van der Waals surface area contributed by atoms with Crippen molar-refractivity contribution >= 4 is 33.8 Å². The van der Waals surface area contributed by atoms with Gasteiger partial charge in [0.05, 0.1) is 18.5 Å². The number of pyridine rings is 1. The van der Waals surface area contributed by atoms with Crippen molar-refractivity contribution in [3.05, 3.63) is 52.6 Å². The molecule has 0 fully saturated rings. The van der Waals surface area contributed by atoms with Crippen LogP contribution in [0.25, 0.3) is 11.3 Å². The number of halogens is 1. The minimum atomic E-state index is 0.633. The average molecular weight is 332 g/mol. The van der Waals surface area contributed by atoms with E-state index in [1.165, 1.54) is 11.3 Å². The highest BCUT2D eigenvalue weighted by molar-refractivity contribution is 7.14. The van der Waals surface area contributed by atoms with E-state index in [1.807, 2.05) is 36.7 Å². The largest absolute Gasteiger partial charge is 0.495 e. The lowest BCUT2D eigenvalue weighted by Gasteiger charge is -2.09. The Morgan fingerprint density at radius 3 is 2.91 bits per heavy atom. The quantitative estimate of drug-likeness (QED) is 0.737. The molecule has 3 rings (SSSR count). The Labute approximate surface area is 137 Å². The maximum absolute atomic E-state index is 5.97. The highest BCUT2D eigenvalue weighted by Crippen LogP contribution is 2.33. The second-order valence-electron chi connectivity index (χ2n) is 4.70. The van der Waals surface area contributed by atoms with Crippen molar-refractivity contribution in [3.8, 4) is 17.0 Å². The molecule has 22 heavy (non-hydrogen) atoms. The van der Waals surface area contributed by atoms with E-state index in [0.717, 1.165) is 27.6 Å². The van der Waals surface area contributed by atoms with E-state index >= 15 is 0 Å². The van der Waals surface area contributed by atoms with Gasteiger partial charge in [-0.15, -0.1) is 11.3 Å². The topological polar surface area (TPSA) is 47.0 Å². The maximum atomic E-state index is 5.97. The van der Waals surface area contributed by atoms with Gasteiger partial charge < -0.3 is 10.1 Å². The molecule has 0 bridgehead atoms. The minimum absolute atomic E-state index is 0.633. The van der Waals surface area contributed by atoms with E-state index in [1.54, 1.807) is 19.4 Å². The van der Waals surface area contributed by atoms with Gasteiger partial charge in [-0.1, -0.05) is 11.6 Å². The molecule has 1 N–H and O–H groups in total. The fraction of sp³-hybridized carbons (Fsp3) is 0.125. The smallest absolute Gasteiger partial charge is 0.187 e. The zero-order chi connectivity index (χ0) is 15.5. The summed E-state index contributed by atoms with van der Waals surface area (Å²) in [5.74, 6) is 0.682. The Morgan fingerprint density at radius 2 is 2.14 bits per heavy atom. The molecule has 0 saturated heterocycles. The number of ether oxygens (including phenoxy) is 1. The summed E-state index contributed by atoms with van der Waals surface area (Å²) in [5.41, 5.74) is 3.92. The summed E-state index contributed by atoms with van der Waals surface area (Å²) in [7, 11) is 1.61. The van der Waals surface area contributed by atoms with Crippen molar-refractivity contribution in [2.24, 2.45) is 0 Å². The van der Waals surface area contributed by atoms with Crippen LogP contribution in [-0.2, 0) is 0 Å². The Balaban J connectivity index is 1.88. The molecule has 0 spiro atoms. The molecule has 0 amide bonds. The van der Waals surface area contributed by atoms with Gasteiger partial charge in [-0.3, -0.25) is 4.98 Å². The molecular formula is C16H14ClN3OS. The van der Waals surface area contributed by atoms with Crippen molar-refractivity contribution < 1.29 is 4.74 Å². The van der Waals surface area contributed by atoms with Crippen LogP contribution in [0.15, 0.2) is 42.0 Å². The maximum Gasteiger partial charge on any atom is 0.187 e. The zero-order valence-electron chi connectivity index (χ0n) is 12.1. The normalized spacial score (nSPS) is 10.5. The van der Waals surface area contributed by atoms with Crippen molar-refractivity contribution in [1.82, 2.24) is 9.97 Å². The highest BCUT2D eigenvalue weighted by atomic mass is 35.5. The molecule has 2 heterocycles. The minimum Gasteiger partial charge on any atom is -0.495 e. The van der Waals surface area contributed by atoms with E-state index in [4.69, 9.17) is 16.3 Å². The number of thiazole rings is 1. The number of methoxy groups -OCH3 is 1. The molecule has 0 aliphatic rings. The Kier molecular flexibility index (Phi) is 4.27. The van der Waals surface area contributed by atoms with Crippen LogP contribution in [0.3, 0.4) is 0 Å². The van der Waals surface area contributed by atoms with E-state index in [9.17, 15) is 0 Å². The molecule has 0 aliphatic carbocycles. The summed E-state index contributed by atoms with van der Waals surface area (Å²) < 4.78 is 5.33. The first-order valence-corrected chi connectivity index (χ1v) is 7.90. The van der Waals surface area contributed by atoms with Crippen LogP contribution in [0.4, 0.5) is 10.8 Å². The van der Waals surface area contributed by atoms with Crippen LogP contribution in [0, 0.1) is 6.92 Å². The predicted molar refractivity (Wildman–Crippen MR) is 91.4 cm³/mol. The number of aromatic nitrogens is 2. The molecule has 6 heteroatoms. The van der Waals surface area contributed by atoms with Gasteiger partial charge in [0.2, 0.25) is 0 Å². The predicted octanol–water partition coefficient (Wildman–Crippen LogP) is 4.92. The second-order valence-corrected chi connectivity index (χ2v) is 5.99. The number of aryl methyl sites for hydroxylation is 1. The molecule has 3 aromatic rings. The molecule has 0 radical (unpaired) electrons. The van der Waals surface area contributed by atoms with Crippen LogP contribution in [0.2, 0.25) is 5.02 Å². The summed E-state index contributed by atoms with van der Waals surface area (Å²) >= 11 is 7.51. The standard InChI is InChI=1S/C16H14ClN3OS/c1-10-5-6-18-8-12(10)14-9-22-16(20-14)19-13-4-3-11(17)7-15(13)21-2/h3-9H,1-2H3,(H,19,20). The van der Waals surface area contributed by atoms with Crippen LogP contribution < -0.4 is 10.1 Å². The molecule has 112 valence electrons. The van der Waals surface area contributed by atoms with E-state index in [2.05, 4.69) is 15.3 Å². The number of nitrogens with zero attached hydrogens (tertiary/aromatic N) is 2. The summed E-state index contributed by atoms with van der Waals surface area (Å²) in [6, 6.07) is 7.43. The molecule has 2 aromatic heterocycles. The summed E-state index contributed by atoms with van der Waals surface area (Å²) in [6.07, 6.45) is 3.61. The molecule has 4 nitrogen and oxygen atoms in total. The number of hydrogen-bond acceptors (Lipinski definition) is 5. The molecule has 0 saturated carbocycles. The number of benzene rings is 1. The monoisotopic (exact) mass is 331 g/mol. The summed E-state index contributed by atoms with van der Waals surface area (Å²) in [4.78, 5) is 8.78. The van der Waals surface area contributed by atoms with Gasteiger partial charge in [0.25, 0.3) is 0 Å². The fourth-order valence-electron chi connectivity index (χ4n) is 2.07. The van der Waals surface area contributed by atoms with Crippen LogP contribution >= 0.6 is 22.9 Å². The van der Waals surface area contributed by atoms with Crippen LogP contribution in [0.5, 0.6) is 5.75 Å². The molecule has 0 unspecified atom stereocenters. The number of rotatable bonds is 4. The van der Waals surface area contributed by atoms with Gasteiger partial charge in [-0.25, -0.2) is 4.98 Å². The summed E-state index contributed by atoms with van der Waals surface area (Å²) in [5, 5.41) is 6.70. The second kappa shape index (κ2) is 6.34. The van der Waals surface area contributed by atoms with Crippen molar-refractivity contribution in [2.45, 2.75) is 6.92 Å². The van der Waals surface area contributed by atoms with E-state index in [0.29, 0.717) is 10.8 Å². The first-order chi connectivity index (χ1) is 10.7. The van der Waals surface area contributed by atoms with Gasteiger partial charge in [0, 0.05) is 34.4 Å². The lowest BCUT2D eigenvalue weighted by molar-refractivity contribution is 0.417. The van der Waals surface area contributed by atoms with Crippen LogP contribution in [0.1, 0.15) is 5.56 Å². The summed E-state index contributed by atoms with van der Waals surface area (Å²) in [6.45, 7) is 2.05. The third kappa shape index (κ3) is 3.05. The van der Waals surface area contributed by atoms with Gasteiger partial charge in [-0.05, 0) is 30.7 Å². The molecule has 0 atom stereocenters. The SMILES string of the molecule is COc1cc(Cl)ccc1Nc1nc(-c2cnccc2C)cs1. The Hall–Kier alpha value is -2.11. The number of nitrogens with one attached hydrogen (secondary N) is 1. The van der Waals surface area contributed by atoms with E-state index in [-0.39, 0.29) is 0 Å². The number of anilines is 2. The zero-order valence-corrected chi connectivity index (χ0v) is 13.7. The van der Waals surface area contributed by atoms with Gasteiger partial charge in [0.15, 0.2) is 5.13 Å². The third-order valence-electron chi connectivity index (χ3n) is 3.22. The fourth-order valence-corrected chi connectivity index (χ4v) is 2.96. The van der Waals surface area contributed by atoms with Crippen molar-refractivity contribution in [1.29, 1.82) is 0 Å². The molecule has 1 aromatic carbocycles. The van der Waals surface area contributed by atoms with Crippen molar-refractivity contribution in [3.63, 3.8) is 0 Å². The first-order valence-electron chi connectivity index (χ1n) is 6.64. The number of hydrogen-bond donors (Lipinski definition) is 1. The Bertz CT molecular complexity index is 804. The van der Waals surface area contributed by atoms with Gasteiger partial charge in [-0.2, -0.15) is 0 Å². The first kappa shape index (κ1) is 14.8. The van der Waals surface area contributed by atoms with Crippen molar-refractivity contribution in [2.75, 3.05) is 12.4 Å². The van der Waals surface area contributed by atoms with Crippen LogP contribution in [-0.4, -0.2) is 17.1 Å². The lowest BCUT2D eigenvalue weighted by atomic mass is 10.1. The highest BCUT2D eigenvalue weighted by Gasteiger charge is 2.10. The third-order valence-corrected chi connectivity index (χ3v) is 4.22. The van der Waals surface area contributed by atoms with Gasteiger partial charge >= 0.3 is 0 Å². The molecular weight excluding hydrogens is 318 g/mol. The Morgan fingerprint density at radius 1 is 1.27 bits per heavy atom. The van der Waals surface area contributed by atoms with E-state index < -0.39 is 0 Å². The average Bonchev–Trinajstić information content (AvgIpc) is 2.98. The lowest BCUT2D eigenvalue weighted by Crippen LogP contribution is -1.94. The van der Waals surface area contributed by atoms with Gasteiger partial charge in [0.1, 0.15) is 5.75 Å². The molecule has 0 aliphatic heterocycles.